The number of rotatable bonds is 14. The molecule has 0 aliphatic rings. The molecule has 0 aromatic rings. The zero-order valence-electron chi connectivity index (χ0n) is 13.0. The third kappa shape index (κ3) is 13.3. The van der Waals surface area contributed by atoms with Gasteiger partial charge in [-0.1, -0.05) is 56.4 Å². The van der Waals surface area contributed by atoms with Gasteiger partial charge in [-0.05, 0) is 38.5 Å². The number of allylic oxidation sites excluding steroid dienone is 2. The molecule has 0 aromatic carbocycles. The molecule has 1 unspecified atom stereocenters. The Morgan fingerprint density at radius 1 is 1.00 bits per heavy atom. The molecule has 20 heavy (non-hydrogen) atoms. The molecule has 0 rings (SSSR count). The van der Waals surface area contributed by atoms with E-state index in [1.54, 1.807) is 0 Å². The van der Waals surface area contributed by atoms with Crippen molar-refractivity contribution in [2.75, 3.05) is 0 Å². The number of hydrogen-bond acceptors (Lipinski definition) is 3. The van der Waals surface area contributed by atoms with Crippen LogP contribution < -0.4 is 0 Å². The first-order valence-corrected chi connectivity index (χ1v) is 8.19. The van der Waals surface area contributed by atoms with Crippen molar-refractivity contribution in [3.8, 4) is 6.07 Å². The second-order valence-corrected chi connectivity index (χ2v) is 5.41. The smallest absolute Gasteiger partial charge is 0.0929 e. The summed E-state index contributed by atoms with van der Waals surface area (Å²) in [6.45, 7) is 2.24. The number of nitriles is 1. The Hall–Kier alpha value is -1.17. The molecule has 3 nitrogen and oxygen atoms in total. The van der Waals surface area contributed by atoms with Gasteiger partial charge in [0.1, 0.15) is 0 Å². The molecule has 0 heterocycles. The largest absolute Gasteiger partial charge is 0.198 e. The summed E-state index contributed by atoms with van der Waals surface area (Å²) in [5.74, 6) is 0. The van der Waals surface area contributed by atoms with E-state index in [2.05, 4.69) is 30.3 Å². The quantitative estimate of drug-likeness (QED) is 0.225. The average molecular weight is 278 g/mol. The van der Waals surface area contributed by atoms with E-state index in [0.717, 1.165) is 25.7 Å². The molecule has 0 saturated heterocycles. The zero-order chi connectivity index (χ0) is 14.9. The first kappa shape index (κ1) is 18.8. The number of hydrogen-bond donors (Lipinski definition) is 0. The fraction of sp³-hybridized carbons (Fsp3) is 0.824. The molecule has 0 N–H and O–H groups in total. The molecule has 0 bridgehead atoms. The van der Waals surface area contributed by atoms with Gasteiger partial charge in [0.05, 0.1) is 12.1 Å². The molecule has 0 spiro atoms. The van der Waals surface area contributed by atoms with Gasteiger partial charge in [-0.3, -0.25) is 0 Å². The van der Waals surface area contributed by atoms with Gasteiger partial charge in [0.25, 0.3) is 0 Å². The maximum Gasteiger partial charge on any atom is 0.0929 e. The normalized spacial score (nSPS) is 12.4. The summed E-state index contributed by atoms with van der Waals surface area (Å²) < 4.78 is 0. The summed E-state index contributed by atoms with van der Waals surface area (Å²) in [6.07, 6.45) is 17.6. The number of nitroso groups, excluding NO2 is 1. The van der Waals surface area contributed by atoms with E-state index in [-0.39, 0.29) is 6.04 Å². The van der Waals surface area contributed by atoms with Crippen LogP contribution in [0.3, 0.4) is 0 Å². The minimum atomic E-state index is -0.149. The second kappa shape index (κ2) is 15.9. The Kier molecular flexibility index (Phi) is 15.0. The fourth-order valence-corrected chi connectivity index (χ4v) is 2.22. The first-order valence-electron chi connectivity index (χ1n) is 8.19. The molecule has 0 amide bonds. The summed E-state index contributed by atoms with van der Waals surface area (Å²) in [7, 11) is 0. The molecule has 0 aromatic heterocycles. The van der Waals surface area contributed by atoms with Gasteiger partial charge in [0, 0.05) is 6.42 Å². The molecule has 3 heteroatoms. The summed E-state index contributed by atoms with van der Waals surface area (Å²) in [5.41, 5.74) is 0. The fourth-order valence-electron chi connectivity index (χ4n) is 2.22. The van der Waals surface area contributed by atoms with Gasteiger partial charge in [-0.2, -0.15) is 10.2 Å². The van der Waals surface area contributed by atoms with E-state index in [9.17, 15) is 4.91 Å². The average Bonchev–Trinajstić information content (AvgIpc) is 2.48. The van der Waals surface area contributed by atoms with Crippen LogP contribution in [0.4, 0.5) is 0 Å². The van der Waals surface area contributed by atoms with Crippen LogP contribution in [0, 0.1) is 16.2 Å². The van der Waals surface area contributed by atoms with Crippen molar-refractivity contribution >= 4 is 0 Å². The van der Waals surface area contributed by atoms with Crippen LogP contribution in [0.5, 0.6) is 0 Å². The lowest BCUT2D eigenvalue weighted by Crippen LogP contribution is -2.02. The predicted molar refractivity (Wildman–Crippen MR) is 85.4 cm³/mol. The first-order chi connectivity index (χ1) is 9.85. The highest BCUT2D eigenvalue weighted by molar-refractivity contribution is 4.81. The highest BCUT2D eigenvalue weighted by Gasteiger charge is 2.07. The molecule has 0 fully saturated rings. The Morgan fingerprint density at radius 3 is 2.20 bits per heavy atom. The lowest BCUT2D eigenvalue weighted by atomic mass is 10.0. The van der Waals surface area contributed by atoms with Crippen LogP contribution in [0.15, 0.2) is 17.3 Å². The van der Waals surface area contributed by atoms with Crippen molar-refractivity contribution < 1.29 is 0 Å². The summed E-state index contributed by atoms with van der Waals surface area (Å²) >= 11 is 0. The predicted octanol–water partition coefficient (Wildman–Crippen LogP) is 5.90. The highest BCUT2D eigenvalue weighted by atomic mass is 16.3. The molecule has 114 valence electrons. The van der Waals surface area contributed by atoms with Gasteiger partial charge < -0.3 is 0 Å². The Morgan fingerprint density at radius 2 is 1.65 bits per heavy atom. The summed E-state index contributed by atoms with van der Waals surface area (Å²) in [6, 6.07) is 1.92. The molecule has 1 atom stereocenters. The molecular weight excluding hydrogens is 248 g/mol. The molecule has 0 aliphatic carbocycles. The van der Waals surface area contributed by atoms with Gasteiger partial charge in [-0.25, -0.2) is 0 Å². The van der Waals surface area contributed by atoms with Gasteiger partial charge in [-0.15, -0.1) is 0 Å². The highest BCUT2D eigenvalue weighted by Crippen LogP contribution is 2.13. The maximum atomic E-state index is 10.6. The third-order valence-corrected chi connectivity index (χ3v) is 3.54. The van der Waals surface area contributed by atoms with Crippen molar-refractivity contribution in [1.29, 1.82) is 5.26 Å². The topological polar surface area (TPSA) is 53.2 Å². The van der Waals surface area contributed by atoms with E-state index in [4.69, 9.17) is 5.26 Å². The SMILES string of the molecule is CCCCCC/C=C/CCCCCC(CCC#N)N=O. The van der Waals surface area contributed by atoms with Gasteiger partial charge in [0.15, 0.2) is 0 Å². The van der Waals surface area contributed by atoms with E-state index in [1.165, 1.54) is 38.5 Å². The van der Waals surface area contributed by atoms with Crippen molar-refractivity contribution in [1.82, 2.24) is 0 Å². The van der Waals surface area contributed by atoms with Gasteiger partial charge >= 0.3 is 0 Å². The molecular formula is C17H30N2O. The minimum Gasteiger partial charge on any atom is -0.198 e. The van der Waals surface area contributed by atoms with Crippen molar-refractivity contribution in [2.24, 2.45) is 5.18 Å². The monoisotopic (exact) mass is 278 g/mol. The lowest BCUT2D eigenvalue weighted by molar-refractivity contribution is 0.529. The Labute approximate surface area is 124 Å². The zero-order valence-corrected chi connectivity index (χ0v) is 13.0. The van der Waals surface area contributed by atoms with E-state index >= 15 is 0 Å². The van der Waals surface area contributed by atoms with E-state index < -0.39 is 0 Å². The van der Waals surface area contributed by atoms with Crippen LogP contribution in [0.1, 0.15) is 84.0 Å². The second-order valence-electron chi connectivity index (χ2n) is 5.41. The number of nitrogens with zero attached hydrogens (tertiary/aromatic N) is 2. The number of unbranched alkanes of at least 4 members (excludes halogenated alkanes) is 7. The van der Waals surface area contributed by atoms with Crippen LogP contribution in [0.2, 0.25) is 0 Å². The van der Waals surface area contributed by atoms with Crippen molar-refractivity contribution in [3.05, 3.63) is 17.1 Å². The minimum absolute atomic E-state index is 0.149. The van der Waals surface area contributed by atoms with Crippen LogP contribution in [0.25, 0.3) is 0 Å². The van der Waals surface area contributed by atoms with Crippen molar-refractivity contribution in [2.45, 2.75) is 90.0 Å². The van der Waals surface area contributed by atoms with E-state index in [1.807, 2.05) is 0 Å². The van der Waals surface area contributed by atoms with Crippen LogP contribution >= 0.6 is 0 Å². The van der Waals surface area contributed by atoms with Crippen molar-refractivity contribution in [3.63, 3.8) is 0 Å². The molecule has 0 radical (unpaired) electrons. The summed E-state index contributed by atoms with van der Waals surface area (Å²) in [5, 5.41) is 11.6. The van der Waals surface area contributed by atoms with Gasteiger partial charge in [0.2, 0.25) is 0 Å². The molecule has 0 aliphatic heterocycles. The Balaban J connectivity index is 3.32. The van der Waals surface area contributed by atoms with Crippen LogP contribution in [-0.2, 0) is 0 Å². The lowest BCUT2D eigenvalue weighted by Gasteiger charge is -2.05. The third-order valence-electron chi connectivity index (χ3n) is 3.54. The standard InChI is InChI=1S/C17H30N2O/c1-2-3-4-5-6-7-8-9-10-11-12-14-17(19-20)15-13-16-18/h7-8,17H,2-6,9-15H2,1H3/b8-7+. The molecule has 0 saturated carbocycles. The summed E-state index contributed by atoms with van der Waals surface area (Å²) in [4.78, 5) is 10.6. The maximum absolute atomic E-state index is 10.6. The van der Waals surface area contributed by atoms with E-state index in [0.29, 0.717) is 12.8 Å². The Bertz CT molecular complexity index is 281. The van der Waals surface area contributed by atoms with Crippen LogP contribution in [-0.4, -0.2) is 6.04 Å².